The van der Waals surface area contributed by atoms with Gasteiger partial charge in [-0.2, -0.15) is 0 Å². The van der Waals surface area contributed by atoms with E-state index in [2.05, 4.69) is 45.3 Å². The van der Waals surface area contributed by atoms with Crippen LogP contribution in [0.3, 0.4) is 0 Å². The van der Waals surface area contributed by atoms with Crippen molar-refractivity contribution in [2.45, 2.75) is 26.5 Å². The van der Waals surface area contributed by atoms with Crippen LogP contribution in [0.25, 0.3) is 11.0 Å². The first-order valence-corrected chi connectivity index (χ1v) is 8.72. The highest BCUT2D eigenvalue weighted by atomic mass is 16.3. The van der Waals surface area contributed by atoms with Crippen molar-refractivity contribution in [3.63, 3.8) is 0 Å². The minimum absolute atomic E-state index is 0.217. The maximum Gasteiger partial charge on any atom is 0.0959 e. The molecule has 6 nitrogen and oxygen atoms in total. The Morgan fingerprint density at radius 1 is 1.04 bits per heavy atom. The van der Waals surface area contributed by atoms with E-state index in [9.17, 15) is 5.11 Å². The first kappa shape index (κ1) is 17.4. The van der Waals surface area contributed by atoms with E-state index >= 15 is 0 Å². The van der Waals surface area contributed by atoms with Gasteiger partial charge in [0, 0.05) is 39.3 Å². The zero-order valence-electron chi connectivity index (χ0n) is 14.6. The summed E-state index contributed by atoms with van der Waals surface area (Å²) in [6.45, 7) is 10.2. The van der Waals surface area contributed by atoms with Gasteiger partial charge in [0.15, 0.2) is 0 Å². The fraction of sp³-hybridized carbons (Fsp3) is 0.611. The molecule has 1 aliphatic heterocycles. The predicted molar refractivity (Wildman–Crippen MR) is 95.2 cm³/mol. The molecule has 1 atom stereocenters. The molecular formula is C18H28N4O2. The Morgan fingerprint density at radius 2 is 1.71 bits per heavy atom. The lowest BCUT2D eigenvalue weighted by molar-refractivity contribution is 0.0595. The van der Waals surface area contributed by atoms with E-state index in [1.165, 1.54) is 11.1 Å². The van der Waals surface area contributed by atoms with E-state index in [1.807, 2.05) is 6.33 Å². The zero-order valence-corrected chi connectivity index (χ0v) is 14.6. The molecule has 2 heterocycles. The molecule has 2 N–H and O–H groups in total. The molecule has 6 heteroatoms. The molecule has 1 aromatic heterocycles. The van der Waals surface area contributed by atoms with Crippen LogP contribution in [0.1, 0.15) is 11.1 Å². The largest absolute Gasteiger partial charge is 0.395 e. The van der Waals surface area contributed by atoms with Crippen molar-refractivity contribution in [1.29, 1.82) is 0 Å². The Morgan fingerprint density at radius 3 is 2.42 bits per heavy atom. The Balaban J connectivity index is 1.58. The number of rotatable bonds is 6. The van der Waals surface area contributed by atoms with E-state index < -0.39 is 6.10 Å². The third-order valence-electron chi connectivity index (χ3n) is 4.99. The quantitative estimate of drug-likeness (QED) is 0.812. The second-order valence-electron chi connectivity index (χ2n) is 6.84. The van der Waals surface area contributed by atoms with Crippen molar-refractivity contribution in [2.24, 2.45) is 0 Å². The molecule has 1 fully saturated rings. The number of aliphatic hydroxyl groups excluding tert-OH is 2. The number of hydrogen-bond donors (Lipinski definition) is 2. The van der Waals surface area contributed by atoms with Crippen LogP contribution >= 0.6 is 0 Å². The van der Waals surface area contributed by atoms with Crippen molar-refractivity contribution >= 4 is 11.0 Å². The van der Waals surface area contributed by atoms with Gasteiger partial charge < -0.3 is 14.8 Å². The third kappa shape index (κ3) is 3.95. The number of β-amino-alcohol motifs (C(OH)–C–C–N with tert-alkyl or cyclic N) is 2. The molecule has 1 saturated heterocycles. The van der Waals surface area contributed by atoms with Crippen molar-refractivity contribution in [3.8, 4) is 0 Å². The Labute approximate surface area is 143 Å². The van der Waals surface area contributed by atoms with Gasteiger partial charge in [0.25, 0.3) is 0 Å². The summed E-state index contributed by atoms with van der Waals surface area (Å²) in [7, 11) is 0. The molecule has 3 rings (SSSR count). The highest BCUT2D eigenvalue weighted by Crippen LogP contribution is 2.18. The van der Waals surface area contributed by atoms with Gasteiger partial charge in [-0.25, -0.2) is 4.98 Å². The predicted octanol–water partition coefficient (Wildman–Crippen LogP) is 0.624. The maximum atomic E-state index is 10.5. The van der Waals surface area contributed by atoms with E-state index in [-0.39, 0.29) is 6.61 Å². The molecule has 2 aromatic rings. The number of aliphatic hydroxyl groups is 2. The van der Waals surface area contributed by atoms with Crippen LogP contribution in [0.4, 0.5) is 0 Å². The number of aromatic nitrogens is 2. The average molecular weight is 332 g/mol. The third-order valence-corrected chi connectivity index (χ3v) is 4.99. The number of imidazole rings is 1. The maximum absolute atomic E-state index is 10.5. The lowest BCUT2D eigenvalue weighted by Crippen LogP contribution is -2.49. The number of benzene rings is 1. The molecular weight excluding hydrogens is 304 g/mol. The molecule has 0 saturated carbocycles. The lowest BCUT2D eigenvalue weighted by atomic mass is 10.1. The number of piperazine rings is 1. The summed E-state index contributed by atoms with van der Waals surface area (Å²) >= 11 is 0. The molecule has 24 heavy (non-hydrogen) atoms. The van der Waals surface area contributed by atoms with Gasteiger partial charge in [-0.05, 0) is 37.1 Å². The molecule has 0 unspecified atom stereocenters. The second-order valence-corrected chi connectivity index (χ2v) is 6.84. The summed E-state index contributed by atoms with van der Waals surface area (Å²) < 4.78 is 2.05. The van der Waals surface area contributed by atoms with Gasteiger partial charge in [-0.3, -0.25) is 9.80 Å². The number of fused-ring (bicyclic) bond motifs is 1. The van der Waals surface area contributed by atoms with Crippen LogP contribution in [0.2, 0.25) is 0 Å². The normalized spacial score (nSPS) is 18.3. The molecule has 0 spiro atoms. The van der Waals surface area contributed by atoms with Gasteiger partial charge in [0.1, 0.15) is 0 Å². The smallest absolute Gasteiger partial charge is 0.0959 e. The summed E-state index contributed by atoms with van der Waals surface area (Å²) in [5, 5.41) is 19.5. The van der Waals surface area contributed by atoms with Crippen LogP contribution < -0.4 is 0 Å². The van der Waals surface area contributed by atoms with Crippen LogP contribution in [-0.2, 0) is 6.54 Å². The van der Waals surface area contributed by atoms with Gasteiger partial charge in [-0.15, -0.1) is 0 Å². The first-order chi connectivity index (χ1) is 11.6. The van der Waals surface area contributed by atoms with Crippen molar-refractivity contribution in [3.05, 3.63) is 29.6 Å². The Kier molecular flexibility index (Phi) is 5.50. The first-order valence-electron chi connectivity index (χ1n) is 8.72. The van der Waals surface area contributed by atoms with E-state index in [1.54, 1.807) is 0 Å². The van der Waals surface area contributed by atoms with Crippen molar-refractivity contribution < 1.29 is 10.2 Å². The molecule has 0 amide bonds. The SMILES string of the molecule is Cc1cc2ncn(C[C@@H](O)CN3CCN(CCO)CC3)c2cc1C. The summed E-state index contributed by atoms with van der Waals surface area (Å²) in [5.74, 6) is 0. The zero-order chi connectivity index (χ0) is 17.1. The molecule has 132 valence electrons. The van der Waals surface area contributed by atoms with Crippen LogP contribution in [0.15, 0.2) is 18.5 Å². The molecule has 0 bridgehead atoms. The summed E-state index contributed by atoms with van der Waals surface area (Å²) in [4.78, 5) is 9.02. The Bertz CT molecular complexity index is 677. The van der Waals surface area contributed by atoms with Crippen molar-refractivity contribution in [2.75, 3.05) is 45.9 Å². The topological polar surface area (TPSA) is 64.8 Å². The standard InChI is InChI=1S/C18H28N4O2/c1-14-9-17-18(10-15(14)2)22(13-19-17)12-16(24)11-21-5-3-20(4-6-21)7-8-23/h9-10,13,16,23-24H,3-8,11-12H2,1-2H3/t16-/m0/s1. The fourth-order valence-corrected chi connectivity index (χ4v) is 3.38. The summed E-state index contributed by atoms with van der Waals surface area (Å²) in [5.41, 5.74) is 4.57. The van der Waals surface area contributed by atoms with Gasteiger partial charge in [0.05, 0.1) is 36.6 Å². The lowest BCUT2D eigenvalue weighted by Gasteiger charge is -2.35. The highest BCUT2D eigenvalue weighted by Gasteiger charge is 2.19. The van der Waals surface area contributed by atoms with Gasteiger partial charge >= 0.3 is 0 Å². The molecule has 1 aliphatic rings. The fourth-order valence-electron chi connectivity index (χ4n) is 3.38. The number of hydrogen-bond acceptors (Lipinski definition) is 5. The molecule has 0 radical (unpaired) electrons. The Hall–Kier alpha value is -1.47. The second kappa shape index (κ2) is 7.61. The van der Waals surface area contributed by atoms with Gasteiger partial charge in [-0.1, -0.05) is 0 Å². The minimum atomic E-state index is -0.409. The number of aryl methyl sites for hydroxylation is 2. The van der Waals surface area contributed by atoms with Crippen LogP contribution in [0.5, 0.6) is 0 Å². The minimum Gasteiger partial charge on any atom is -0.395 e. The summed E-state index contributed by atoms with van der Waals surface area (Å²) in [6, 6.07) is 4.26. The van der Waals surface area contributed by atoms with E-state index in [0.29, 0.717) is 13.1 Å². The van der Waals surface area contributed by atoms with Crippen LogP contribution in [0, 0.1) is 13.8 Å². The average Bonchev–Trinajstić information content (AvgIpc) is 2.92. The van der Waals surface area contributed by atoms with Crippen LogP contribution in [-0.4, -0.2) is 81.5 Å². The molecule has 0 aliphatic carbocycles. The van der Waals surface area contributed by atoms with Gasteiger partial charge in [0.2, 0.25) is 0 Å². The van der Waals surface area contributed by atoms with E-state index in [4.69, 9.17) is 5.11 Å². The monoisotopic (exact) mass is 332 g/mol. The summed E-state index contributed by atoms with van der Waals surface area (Å²) in [6.07, 6.45) is 1.42. The van der Waals surface area contributed by atoms with E-state index in [0.717, 1.165) is 43.8 Å². The number of nitrogens with zero attached hydrogens (tertiary/aromatic N) is 4. The van der Waals surface area contributed by atoms with Crippen molar-refractivity contribution in [1.82, 2.24) is 19.4 Å². The molecule has 1 aromatic carbocycles. The highest BCUT2D eigenvalue weighted by molar-refractivity contribution is 5.77.